The van der Waals surface area contributed by atoms with E-state index in [0.717, 1.165) is 31.3 Å². The first-order valence-electron chi connectivity index (χ1n) is 6.26. The third kappa shape index (κ3) is 2.61. The molecule has 0 bridgehead atoms. The van der Waals surface area contributed by atoms with Crippen molar-refractivity contribution in [3.05, 3.63) is 51.7 Å². The van der Waals surface area contributed by atoms with E-state index >= 15 is 0 Å². The maximum Gasteiger partial charge on any atom is 0.129 e. The molecule has 21 heavy (non-hydrogen) atoms. The van der Waals surface area contributed by atoms with E-state index in [0.29, 0.717) is 5.82 Å². The third-order valence-electron chi connectivity index (χ3n) is 3.25. The molecule has 0 aliphatic heterocycles. The molecule has 0 amide bonds. The molecule has 2 aromatic heterocycles. The predicted molar refractivity (Wildman–Crippen MR) is 91.7 cm³/mol. The fourth-order valence-corrected chi connectivity index (χ4v) is 3.45. The highest BCUT2D eigenvalue weighted by molar-refractivity contribution is 9.11. The summed E-state index contributed by atoms with van der Waals surface area (Å²) in [5, 5.41) is 4.57. The van der Waals surface area contributed by atoms with E-state index in [1.54, 1.807) is 17.1 Å². The molecule has 2 N–H and O–H groups in total. The van der Waals surface area contributed by atoms with Crippen LogP contribution >= 0.6 is 31.9 Å². The molecular formula is C15H12Br2N4. The molecule has 0 spiro atoms. The number of halogens is 2. The zero-order valence-corrected chi connectivity index (χ0v) is 14.4. The normalized spacial score (nSPS) is 10.8. The maximum absolute atomic E-state index is 6.21. The van der Waals surface area contributed by atoms with Gasteiger partial charge < -0.3 is 5.73 Å². The summed E-state index contributed by atoms with van der Waals surface area (Å²) in [5.74, 6) is 0.631. The highest BCUT2D eigenvalue weighted by Crippen LogP contribution is 2.39. The van der Waals surface area contributed by atoms with E-state index in [1.807, 2.05) is 37.4 Å². The van der Waals surface area contributed by atoms with Crippen LogP contribution in [0.15, 0.2) is 51.7 Å². The van der Waals surface area contributed by atoms with Crippen LogP contribution in [0.2, 0.25) is 0 Å². The number of hydrogen-bond donors (Lipinski definition) is 1. The van der Waals surface area contributed by atoms with Gasteiger partial charge in [-0.1, -0.05) is 37.9 Å². The van der Waals surface area contributed by atoms with Crippen molar-refractivity contribution in [1.82, 2.24) is 14.8 Å². The van der Waals surface area contributed by atoms with Crippen molar-refractivity contribution in [1.29, 1.82) is 0 Å². The van der Waals surface area contributed by atoms with Crippen LogP contribution in [0.5, 0.6) is 0 Å². The van der Waals surface area contributed by atoms with Crippen LogP contribution in [0.3, 0.4) is 0 Å². The molecule has 0 atom stereocenters. The lowest BCUT2D eigenvalue weighted by Crippen LogP contribution is -1.97. The summed E-state index contributed by atoms with van der Waals surface area (Å²) < 4.78 is 3.66. The van der Waals surface area contributed by atoms with Crippen molar-refractivity contribution in [2.75, 3.05) is 5.73 Å². The second-order valence-electron chi connectivity index (χ2n) is 4.59. The molecule has 3 aromatic rings. The standard InChI is InChI=1S/C15H12Br2N4/c1-21-15(18)13(9-4-6-19-7-5-9)14(20-21)11-3-2-10(16)8-12(11)17/h2-8H,18H2,1H3. The Labute approximate surface area is 139 Å². The second-order valence-corrected chi connectivity index (χ2v) is 6.36. The van der Waals surface area contributed by atoms with Crippen LogP contribution in [-0.4, -0.2) is 14.8 Å². The van der Waals surface area contributed by atoms with Gasteiger partial charge in [-0.2, -0.15) is 5.10 Å². The molecule has 106 valence electrons. The van der Waals surface area contributed by atoms with Gasteiger partial charge in [-0.05, 0) is 29.8 Å². The maximum atomic E-state index is 6.21. The number of hydrogen-bond acceptors (Lipinski definition) is 3. The fourth-order valence-electron chi connectivity index (χ4n) is 2.21. The SMILES string of the molecule is Cn1nc(-c2ccc(Br)cc2Br)c(-c2ccncc2)c1N. The van der Waals surface area contributed by atoms with Crippen LogP contribution in [-0.2, 0) is 7.05 Å². The fraction of sp³-hybridized carbons (Fsp3) is 0.0667. The minimum atomic E-state index is 0.631. The number of aromatic nitrogens is 3. The van der Waals surface area contributed by atoms with Gasteiger partial charge in [-0.3, -0.25) is 9.67 Å². The smallest absolute Gasteiger partial charge is 0.129 e. The molecule has 0 fully saturated rings. The summed E-state index contributed by atoms with van der Waals surface area (Å²) >= 11 is 7.06. The number of nitrogens with two attached hydrogens (primary N) is 1. The van der Waals surface area contributed by atoms with E-state index in [-0.39, 0.29) is 0 Å². The van der Waals surface area contributed by atoms with E-state index < -0.39 is 0 Å². The number of rotatable bonds is 2. The summed E-state index contributed by atoms with van der Waals surface area (Å²) in [5.41, 5.74) is 9.97. The minimum Gasteiger partial charge on any atom is -0.383 e. The van der Waals surface area contributed by atoms with Gasteiger partial charge in [-0.25, -0.2) is 0 Å². The lowest BCUT2D eigenvalue weighted by molar-refractivity contribution is 0.782. The van der Waals surface area contributed by atoms with Gasteiger partial charge in [0.1, 0.15) is 11.5 Å². The van der Waals surface area contributed by atoms with Crippen LogP contribution in [0, 0.1) is 0 Å². The summed E-state index contributed by atoms with van der Waals surface area (Å²) in [6.45, 7) is 0. The Balaban J connectivity index is 2.27. The first-order chi connectivity index (χ1) is 10.1. The third-order valence-corrected chi connectivity index (χ3v) is 4.40. The average Bonchev–Trinajstić information content (AvgIpc) is 2.75. The molecule has 3 rings (SSSR count). The second kappa shape index (κ2) is 5.61. The summed E-state index contributed by atoms with van der Waals surface area (Å²) in [6, 6.07) is 9.87. The molecular weight excluding hydrogens is 396 g/mol. The van der Waals surface area contributed by atoms with E-state index in [9.17, 15) is 0 Å². The van der Waals surface area contributed by atoms with Crippen molar-refractivity contribution in [2.24, 2.45) is 7.05 Å². The van der Waals surface area contributed by atoms with Crippen molar-refractivity contribution in [2.45, 2.75) is 0 Å². The molecule has 1 aromatic carbocycles. The van der Waals surface area contributed by atoms with Crippen molar-refractivity contribution >= 4 is 37.7 Å². The Bertz CT molecular complexity index is 797. The number of pyridine rings is 1. The Hall–Kier alpha value is -1.66. The van der Waals surface area contributed by atoms with Crippen LogP contribution in [0.25, 0.3) is 22.4 Å². The van der Waals surface area contributed by atoms with E-state index in [2.05, 4.69) is 41.9 Å². The molecule has 4 nitrogen and oxygen atoms in total. The minimum absolute atomic E-state index is 0.631. The van der Waals surface area contributed by atoms with E-state index in [4.69, 9.17) is 5.73 Å². The summed E-state index contributed by atoms with van der Waals surface area (Å²) in [4.78, 5) is 4.06. The van der Waals surface area contributed by atoms with Gasteiger partial charge in [0.15, 0.2) is 0 Å². The summed E-state index contributed by atoms with van der Waals surface area (Å²) in [7, 11) is 1.84. The number of aryl methyl sites for hydroxylation is 1. The molecule has 0 saturated carbocycles. The Morgan fingerprint density at radius 1 is 1.10 bits per heavy atom. The molecule has 6 heteroatoms. The van der Waals surface area contributed by atoms with Gasteiger partial charge >= 0.3 is 0 Å². The highest BCUT2D eigenvalue weighted by atomic mass is 79.9. The molecule has 0 unspecified atom stereocenters. The number of nitrogens with zero attached hydrogens (tertiary/aromatic N) is 3. The van der Waals surface area contributed by atoms with Gasteiger partial charge in [0.25, 0.3) is 0 Å². The number of benzene rings is 1. The van der Waals surface area contributed by atoms with Gasteiger partial charge in [0.2, 0.25) is 0 Å². The Morgan fingerprint density at radius 3 is 2.48 bits per heavy atom. The number of anilines is 1. The first kappa shape index (κ1) is 14.3. The molecule has 0 radical (unpaired) electrons. The van der Waals surface area contributed by atoms with Crippen LogP contribution in [0.4, 0.5) is 5.82 Å². The summed E-state index contributed by atoms with van der Waals surface area (Å²) in [6.07, 6.45) is 3.50. The zero-order chi connectivity index (χ0) is 15.0. The Kier molecular flexibility index (Phi) is 3.82. The van der Waals surface area contributed by atoms with E-state index in [1.165, 1.54) is 0 Å². The molecule has 2 heterocycles. The van der Waals surface area contributed by atoms with Crippen molar-refractivity contribution in [3.63, 3.8) is 0 Å². The average molecular weight is 408 g/mol. The topological polar surface area (TPSA) is 56.7 Å². The Morgan fingerprint density at radius 2 is 1.81 bits per heavy atom. The zero-order valence-electron chi connectivity index (χ0n) is 11.2. The lowest BCUT2D eigenvalue weighted by Gasteiger charge is -2.06. The molecule has 0 aliphatic rings. The quantitative estimate of drug-likeness (QED) is 0.690. The highest BCUT2D eigenvalue weighted by Gasteiger charge is 2.19. The van der Waals surface area contributed by atoms with Gasteiger partial charge in [-0.15, -0.1) is 0 Å². The predicted octanol–water partition coefficient (Wildman–Crippen LogP) is 4.26. The van der Waals surface area contributed by atoms with Gasteiger partial charge in [0.05, 0.1) is 5.56 Å². The largest absolute Gasteiger partial charge is 0.383 e. The molecule has 0 aliphatic carbocycles. The van der Waals surface area contributed by atoms with Crippen LogP contribution < -0.4 is 5.73 Å². The molecule has 0 saturated heterocycles. The van der Waals surface area contributed by atoms with Gasteiger partial charge in [0, 0.05) is 34.0 Å². The van der Waals surface area contributed by atoms with Crippen molar-refractivity contribution in [3.8, 4) is 22.4 Å². The van der Waals surface area contributed by atoms with Crippen molar-refractivity contribution < 1.29 is 0 Å². The number of nitrogen functional groups attached to an aromatic ring is 1. The monoisotopic (exact) mass is 406 g/mol. The lowest BCUT2D eigenvalue weighted by atomic mass is 10.0. The van der Waals surface area contributed by atoms with Crippen LogP contribution in [0.1, 0.15) is 0 Å². The first-order valence-corrected chi connectivity index (χ1v) is 7.85.